The van der Waals surface area contributed by atoms with Gasteiger partial charge in [0.25, 0.3) is 5.91 Å². The molecule has 3 N–H and O–H groups in total. The molecule has 1 aliphatic carbocycles. The normalized spacial score (nSPS) is 23.8. The van der Waals surface area contributed by atoms with Gasteiger partial charge in [0.15, 0.2) is 0 Å². The van der Waals surface area contributed by atoms with Crippen LogP contribution in [0.15, 0.2) is 23.0 Å². The van der Waals surface area contributed by atoms with Crippen LogP contribution in [-0.2, 0) is 5.41 Å². The lowest BCUT2D eigenvalue weighted by molar-refractivity contribution is 0.0945. The number of thiazole rings is 1. The van der Waals surface area contributed by atoms with Crippen LogP contribution < -0.4 is 16.0 Å². The molecule has 4 rings (SSSR count). The zero-order valence-electron chi connectivity index (χ0n) is 17.1. The number of aromatic nitrogens is 1. The number of likely N-dealkylation sites (N-methyl/N-ethyl adjacent to an activating group) is 1. The molecule has 0 spiro atoms. The number of anilines is 2. The van der Waals surface area contributed by atoms with Crippen molar-refractivity contribution in [3.8, 4) is 0 Å². The average molecular weight is 418 g/mol. The molecule has 29 heavy (non-hydrogen) atoms. The first-order chi connectivity index (χ1) is 13.8. The molecule has 156 valence electrons. The highest BCUT2D eigenvalue weighted by Crippen LogP contribution is 2.50. The van der Waals surface area contributed by atoms with E-state index in [4.69, 9.17) is 5.73 Å². The number of hydrogen-bond donors (Lipinski definition) is 2. The number of benzene rings is 1. The van der Waals surface area contributed by atoms with Crippen molar-refractivity contribution in [2.45, 2.75) is 44.2 Å². The highest BCUT2D eigenvalue weighted by Gasteiger charge is 2.46. The van der Waals surface area contributed by atoms with Crippen LogP contribution in [0.2, 0.25) is 0 Å². The van der Waals surface area contributed by atoms with Crippen LogP contribution in [0.1, 0.15) is 42.7 Å². The number of carbonyl (C=O) groups is 1. The lowest BCUT2D eigenvalue weighted by atomic mass is 9.93. The summed E-state index contributed by atoms with van der Waals surface area (Å²) in [6.45, 7) is 6.38. The van der Waals surface area contributed by atoms with Gasteiger partial charge in [0.1, 0.15) is 11.5 Å². The minimum Gasteiger partial charge on any atom is -0.397 e. The number of nitrogen functional groups attached to an aromatic ring is 1. The van der Waals surface area contributed by atoms with Gasteiger partial charge in [-0.2, -0.15) is 0 Å². The largest absolute Gasteiger partial charge is 0.397 e. The summed E-state index contributed by atoms with van der Waals surface area (Å²) >= 11 is 1.38. The minimum atomic E-state index is -0.370. The highest BCUT2D eigenvalue weighted by molar-refractivity contribution is 7.07. The van der Waals surface area contributed by atoms with Crippen LogP contribution in [-0.4, -0.2) is 54.6 Å². The molecule has 1 amide bonds. The molecule has 1 aliphatic heterocycles. The van der Waals surface area contributed by atoms with Crippen LogP contribution >= 0.6 is 11.3 Å². The summed E-state index contributed by atoms with van der Waals surface area (Å²) in [7, 11) is 2.12. The van der Waals surface area contributed by atoms with E-state index in [1.165, 1.54) is 11.3 Å². The summed E-state index contributed by atoms with van der Waals surface area (Å²) < 4.78 is 15.2. The fourth-order valence-corrected chi connectivity index (χ4v) is 4.75. The first-order valence-corrected chi connectivity index (χ1v) is 11.0. The van der Waals surface area contributed by atoms with Gasteiger partial charge in [-0.05, 0) is 51.4 Å². The lowest BCUT2D eigenvalue weighted by Crippen LogP contribution is -2.55. The Balaban J connectivity index is 1.52. The van der Waals surface area contributed by atoms with Crippen LogP contribution in [0.25, 0.3) is 0 Å². The summed E-state index contributed by atoms with van der Waals surface area (Å²) in [6, 6.07) is 4.10. The number of rotatable bonds is 5. The smallest absolute Gasteiger partial charge is 0.270 e. The number of carbonyl (C=O) groups excluding carboxylic acids is 1. The quantitative estimate of drug-likeness (QED) is 0.732. The second-order valence-electron chi connectivity index (χ2n) is 8.50. The first-order valence-electron chi connectivity index (χ1n) is 10.0. The third-order valence-corrected chi connectivity index (χ3v) is 7.08. The third kappa shape index (κ3) is 3.83. The fourth-order valence-electron chi connectivity index (χ4n) is 4.22. The van der Waals surface area contributed by atoms with Gasteiger partial charge in [-0.1, -0.05) is 0 Å². The van der Waals surface area contributed by atoms with E-state index < -0.39 is 0 Å². The van der Waals surface area contributed by atoms with Crippen molar-refractivity contribution in [1.29, 1.82) is 0 Å². The molecule has 1 saturated heterocycles. The van der Waals surface area contributed by atoms with Gasteiger partial charge in [0, 0.05) is 42.5 Å². The summed E-state index contributed by atoms with van der Waals surface area (Å²) in [4.78, 5) is 20.8. The lowest BCUT2D eigenvalue weighted by Gasteiger charge is -2.44. The van der Waals surface area contributed by atoms with Crippen LogP contribution in [0.4, 0.5) is 15.8 Å². The Kier molecular flexibility index (Phi) is 5.25. The molecule has 1 aromatic carbocycles. The monoisotopic (exact) mass is 417 g/mol. The molecular weight excluding hydrogens is 389 g/mol. The van der Waals surface area contributed by atoms with Crippen molar-refractivity contribution in [3.05, 3.63) is 40.1 Å². The van der Waals surface area contributed by atoms with E-state index in [0.29, 0.717) is 35.6 Å². The Hall–Kier alpha value is -2.19. The number of nitrogens with two attached hydrogens (primary N) is 1. The Morgan fingerprint density at radius 1 is 1.34 bits per heavy atom. The van der Waals surface area contributed by atoms with Gasteiger partial charge in [-0.25, -0.2) is 9.37 Å². The number of hydrogen-bond acceptors (Lipinski definition) is 6. The van der Waals surface area contributed by atoms with Crippen LogP contribution in [0.5, 0.6) is 0 Å². The fraction of sp³-hybridized carbons (Fsp3) is 0.524. The van der Waals surface area contributed by atoms with E-state index in [2.05, 4.69) is 41.0 Å². The molecular formula is C21H28FN5OS. The molecule has 2 aliphatic rings. The molecule has 0 radical (unpaired) electrons. The molecule has 6 nitrogen and oxygen atoms in total. The van der Waals surface area contributed by atoms with E-state index in [-0.39, 0.29) is 17.1 Å². The van der Waals surface area contributed by atoms with Crippen molar-refractivity contribution in [2.24, 2.45) is 0 Å². The molecule has 8 heteroatoms. The second kappa shape index (κ2) is 7.57. The maximum absolute atomic E-state index is 15.2. The summed E-state index contributed by atoms with van der Waals surface area (Å²) in [5.74, 6) is -0.461. The van der Waals surface area contributed by atoms with E-state index >= 15 is 4.39 Å². The Morgan fingerprint density at radius 2 is 2.03 bits per heavy atom. The number of halogens is 1. The predicted octanol–water partition coefficient (Wildman–Crippen LogP) is 2.85. The molecule has 1 aromatic heterocycles. The summed E-state index contributed by atoms with van der Waals surface area (Å²) in [5.41, 5.74) is 10.0. The molecule has 2 fully saturated rings. The number of nitrogens with zero attached hydrogens (tertiary/aromatic N) is 3. The van der Waals surface area contributed by atoms with E-state index in [1.54, 1.807) is 23.0 Å². The average Bonchev–Trinajstić information content (AvgIpc) is 3.27. The minimum absolute atomic E-state index is 0.220. The molecule has 0 bridgehead atoms. The van der Waals surface area contributed by atoms with Crippen molar-refractivity contribution >= 4 is 28.6 Å². The first kappa shape index (κ1) is 20.1. The third-order valence-electron chi connectivity index (χ3n) is 6.49. The number of piperazine rings is 1. The van der Waals surface area contributed by atoms with Gasteiger partial charge >= 0.3 is 0 Å². The molecule has 2 unspecified atom stereocenters. The van der Waals surface area contributed by atoms with Gasteiger partial charge in [0.05, 0.1) is 16.9 Å². The second-order valence-corrected chi connectivity index (χ2v) is 9.21. The van der Waals surface area contributed by atoms with Gasteiger partial charge in [0.2, 0.25) is 0 Å². The number of nitrogens with one attached hydrogen (secondary N) is 1. The zero-order chi connectivity index (χ0) is 20.8. The van der Waals surface area contributed by atoms with E-state index in [9.17, 15) is 4.79 Å². The zero-order valence-corrected chi connectivity index (χ0v) is 17.9. The summed E-state index contributed by atoms with van der Waals surface area (Å²) in [6.07, 6.45) is 1.67. The van der Waals surface area contributed by atoms with Crippen molar-refractivity contribution < 1.29 is 9.18 Å². The van der Waals surface area contributed by atoms with Gasteiger partial charge in [-0.3, -0.25) is 9.69 Å². The Bertz CT molecular complexity index is 887. The molecule has 2 atom stereocenters. The Morgan fingerprint density at radius 3 is 2.62 bits per heavy atom. The van der Waals surface area contributed by atoms with Crippen molar-refractivity contribution in [3.63, 3.8) is 0 Å². The maximum atomic E-state index is 15.2. The van der Waals surface area contributed by atoms with E-state index in [0.717, 1.165) is 31.6 Å². The highest BCUT2D eigenvalue weighted by atomic mass is 32.1. The van der Waals surface area contributed by atoms with Crippen molar-refractivity contribution in [2.75, 3.05) is 37.3 Å². The van der Waals surface area contributed by atoms with Gasteiger partial charge < -0.3 is 16.0 Å². The van der Waals surface area contributed by atoms with Crippen LogP contribution in [0, 0.1) is 5.82 Å². The number of amides is 1. The van der Waals surface area contributed by atoms with Gasteiger partial charge in [-0.15, -0.1) is 11.3 Å². The van der Waals surface area contributed by atoms with Crippen LogP contribution in [0.3, 0.4) is 0 Å². The molecule has 2 aromatic rings. The molecule has 1 saturated carbocycles. The molecule has 2 heterocycles. The maximum Gasteiger partial charge on any atom is 0.270 e. The summed E-state index contributed by atoms with van der Waals surface area (Å²) in [5, 5.41) is 4.62. The standard InChI is InChI=1S/C21H28FN5OS/c1-13-8-27(9-14(2)26(13)3)19-7-16(22)15(6-17(19)23)21(4-5-21)11-24-20(28)18-10-29-12-25-18/h6-7,10,12-14H,4-5,8-9,11,23H2,1-3H3,(H,24,28). The predicted molar refractivity (Wildman–Crippen MR) is 115 cm³/mol. The van der Waals surface area contributed by atoms with Crippen molar-refractivity contribution in [1.82, 2.24) is 15.2 Å². The van der Waals surface area contributed by atoms with E-state index in [1.807, 2.05) is 0 Å². The Labute approximate surface area is 174 Å². The SMILES string of the molecule is CC1CN(c2cc(F)c(C3(CNC(=O)c4cscn4)CC3)cc2N)CC(C)N1C. The topological polar surface area (TPSA) is 74.5 Å².